The van der Waals surface area contributed by atoms with Crippen LogP contribution in [0.2, 0.25) is 5.02 Å². The van der Waals surface area contributed by atoms with E-state index in [-0.39, 0.29) is 11.1 Å². The van der Waals surface area contributed by atoms with Gasteiger partial charge in [-0.15, -0.1) is 0 Å². The molecule has 1 aliphatic heterocycles. The van der Waals surface area contributed by atoms with Gasteiger partial charge in [-0.3, -0.25) is 0 Å². The van der Waals surface area contributed by atoms with E-state index in [9.17, 15) is 4.39 Å². The summed E-state index contributed by atoms with van der Waals surface area (Å²) in [4.78, 5) is 19.6. The van der Waals surface area contributed by atoms with E-state index in [1.165, 1.54) is 13.2 Å². The lowest BCUT2D eigenvalue weighted by molar-refractivity contribution is 0.411. The fourth-order valence-corrected chi connectivity index (χ4v) is 3.49. The van der Waals surface area contributed by atoms with Gasteiger partial charge in [-0.05, 0) is 19.1 Å². The Morgan fingerprint density at radius 3 is 2.70 bits per heavy atom. The summed E-state index contributed by atoms with van der Waals surface area (Å²) in [5.74, 6) is 0.823. The Kier molecular flexibility index (Phi) is 4.61. The third-order valence-corrected chi connectivity index (χ3v) is 5.07. The molecule has 27 heavy (non-hydrogen) atoms. The van der Waals surface area contributed by atoms with Gasteiger partial charge in [-0.1, -0.05) is 11.6 Å². The number of methoxy groups -OCH3 is 1. The van der Waals surface area contributed by atoms with Gasteiger partial charge in [-0.2, -0.15) is 0 Å². The molecule has 4 rings (SSSR count). The van der Waals surface area contributed by atoms with Gasteiger partial charge in [0.05, 0.1) is 18.8 Å². The summed E-state index contributed by atoms with van der Waals surface area (Å²) in [5.41, 5.74) is 2.66. The van der Waals surface area contributed by atoms with E-state index in [2.05, 4.69) is 24.8 Å². The van der Waals surface area contributed by atoms with E-state index in [1.54, 1.807) is 30.7 Å². The van der Waals surface area contributed by atoms with Crippen LogP contribution in [-0.4, -0.2) is 33.6 Å². The molecular weight excluding hydrogens is 369 g/mol. The van der Waals surface area contributed by atoms with E-state index in [4.69, 9.17) is 16.3 Å². The molecular formula is C19H17ClFN5O. The van der Waals surface area contributed by atoms with Crippen LogP contribution in [-0.2, 0) is 6.42 Å². The maximum Gasteiger partial charge on any atom is 0.197 e. The molecule has 1 aromatic carbocycles. The number of ether oxygens (including phenoxy) is 1. The Labute approximate surface area is 161 Å². The highest BCUT2D eigenvalue weighted by molar-refractivity contribution is 6.32. The Balaban J connectivity index is 1.68. The van der Waals surface area contributed by atoms with E-state index in [0.717, 1.165) is 11.3 Å². The fraction of sp³-hybridized carbons (Fsp3) is 0.263. The van der Waals surface area contributed by atoms with Gasteiger partial charge < -0.3 is 9.64 Å². The summed E-state index contributed by atoms with van der Waals surface area (Å²) < 4.78 is 19.4. The third-order valence-electron chi connectivity index (χ3n) is 4.70. The number of fused-ring (bicyclic) bond motifs is 1. The molecule has 6 nitrogen and oxygen atoms in total. The minimum absolute atomic E-state index is 0.0119. The zero-order chi connectivity index (χ0) is 19.0. The van der Waals surface area contributed by atoms with Crippen molar-refractivity contribution in [1.29, 1.82) is 0 Å². The second-order valence-corrected chi connectivity index (χ2v) is 6.61. The molecule has 8 heteroatoms. The quantitative estimate of drug-likeness (QED) is 0.682. The SMILES string of the molecule is COc1cc(N2CCc3nc(-c4ncccn4)ncc3C2C)cc(F)c1Cl. The summed E-state index contributed by atoms with van der Waals surface area (Å²) >= 11 is 5.95. The zero-order valence-corrected chi connectivity index (χ0v) is 15.6. The Hall–Kier alpha value is -2.80. The minimum Gasteiger partial charge on any atom is -0.495 e. The number of aromatic nitrogens is 4. The molecule has 2 aromatic heterocycles. The maximum absolute atomic E-state index is 14.2. The summed E-state index contributed by atoms with van der Waals surface area (Å²) in [5, 5.41) is -0.0119. The van der Waals surface area contributed by atoms with Crippen LogP contribution in [0, 0.1) is 5.82 Å². The first-order valence-corrected chi connectivity index (χ1v) is 8.89. The first kappa shape index (κ1) is 17.6. The molecule has 0 bridgehead atoms. The molecule has 0 aliphatic carbocycles. The molecule has 3 heterocycles. The lowest BCUT2D eigenvalue weighted by atomic mass is 9.98. The van der Waals surface area contributed by atoms with Crippen molar-refractivity contribution < 1.29 is 9.13 Å². The summed E-state index contributed by atoms with van der Waals surface area (Å²) in [6.45, 7) is 2.73. The highest BCUT2D eigenvalue weighted by atomic mass is 35.5. The smallest absolute Gasteiger partial charge is 0.197 e. The molecule has 0 radical (unpaired) electrons. The van der Waals surface area contributed by atoms with Crippen molar-refractivity contribution in [2.75, 3.05) is 18.6 Å². The van der Waals surface area contributed by atoms with E-state index in [1.807, 2.05) is 6.92 Å². The van der Waals surface area contributed by atoms with Crippen molar-refractivity contribution >= 4 is 17.3 Å². The third kappa shape index (κ3) is 3.19. The maximum atomic E-state index is 14.2. The molecule has 3 aromatic rings. The van der Waals surface area contributed by atoms with Crippen molar-refractivity contribution in [3.8, 4) is 17.4 Å². The Bertz CT molecular complexity index is 985. The van der Waals surface area contributed by atoms with Crippen LogP contribution in [0.3, 0.4) is 0 Å². The van der Waals surface area contributed by atoms with E-state index >= 15 is 0 Å². The molecule has 0 N–H and O–H groups in total. The highest BCUT2D eigenvalue weighted by Gasteiger charge is 2.27. The van der Waals surface area contributed by atoms with Gasteiger partial charge in [0.25, 0.3) is 0 Å². The topological polar surface area (TPSA) is 64.0 Å². The standard InChI is InChI=1S/C19H17ClFN5O/c1-11-13-10-24-19(18-22-5-3-6-23-18)25-15(13)4-7-26(11)12-8-14(21)17(20)16(9-12)27-2/h3,5-6,8-11H,4,7H2,1-2H3. The molecule has 0 fully saturated rings. The average Bonchev–Trinajstić information content (AvgIpc) is 2.70. The first-order valence-electron chi connectivity index (χ1n) is 8.51. The second-order valence-electron chi connectivity index (χ2n) is 6.23. The summed E-state index contributed by atoms with van der Waals surface area (Å²) in [6, 6.07) is 4.91. The van der Waals surface area contributed by atoms with Crippen LogP contribution in [0.15, 0.2) is 36.8 Å². The molecule has 0 saturated heterocycles. The van der Waals surface area contributed by atoms with Crippen LogP contribution in [0.1, 0.15) is 24.2 Å². The van der Waals surface area contributed by atoms with Crippen LogP contribution >= 0.6 is 11.6 Å². The molecule has 138 valence electrons. The van der Waals surface area contributed by atoms with Crippen LogP contribution < -0.4 is 9.64 Å². The van der Waals surface area contributed by atoms with Gasteiger partial charge >= 0.3 is 0 Å². The molecule has 1 aliphatic rings. The van der Waals surface area contributed by atoms with Crippen LogP contribution in [0.25, 0.3) is 11.6 Å². The van der Waals surface area contributed by atoms with Crippen LogP contribution in [0.4, 0.5) is 10.1 Å². The highest BCUT2D eigenvalue weighted by Crippen LogP contribution is 2.38. The minimum atomic E-state index is -0.503. The normalized spacial score (nSPS) is 16.1. The summed E-state index contributed by atoms with van der Waals surface area (Å²) in [7, 11) is 1.47. The monoisotopic (exact) mass is 385 g/mol. The van der Waals surface area contributed by atoms with Crippen molar-refractivity contribution in [2.45, 2.75) is 19.4 Å². The number of halogens is 2. The number of benzene rings is 1. The predicted molar refractivity (Wildman–Crippen MR) is 100 cm³/mol. The second kappa shape index (κ2) is 7.08. The van der Waals surface area contributed by atoms with Crippen molar-refractivity contribution in [3.63, 3.8) is 0 Å². The van der Waals surface area contributed by atoms with Crippen molar-refractivity contribution in [3.05, 3.63) is 58.9 Å². The molecule has 1 atom stereocenters. The lowest BCUT2D eigenvalue weighted by Crippen LogP contribution is -2.34. The number of hydrogen-bond donors (Lipinski definition) is 0. The summed E-state index contributed by atoms with van der Waals surface area (Å²) in [6.07, 6.45) is 5.83. The molecule has 0 amide bonds. The van der Waals surface area contributed by atoms with Gasteiger partial charge in [-0.25, -0.2) is 24.3 Å². The predicted octanol–water partition coefficient (Wildman–Crippen LogP) is 3.86. The lowest BCUT2D eigenvalue weighted by Gasteiger charge is -2.36. The number of anilines is 1. The fourth-order valence-electron chi connectivity index (χ4n) is 3.30. The van der Waals surface area contributed by atoms with Gasteiger partial charge in [0.15, 0.2) is 11.6 Å². The van der Waals surface area contributed by atoms with Gasteiger partial charge in [0.2, 0.25) is 0 Å². The van der Waals surface area contributed by atoms with E-state index in [0.29, 0.717) is 36.1 Å². The average molecular weight is 386 g/mol. The van der Waals surface area contributed by atoms with E-state index < -0.39 is 5.82 Å². The first-order chi connectivity index (χ1) is 13.1. The van der Waals surface area contributed by atoms with Crippen molar-refractivity contribution in [2.24, 2.45) is 0 Å². The molecule has 1 unspecified atom stereocenters. The van der Waals surface area contributed by atoms with Gasteiger partial charge in [0, 0.05) is 48.9 Å². The Morgan fingerprint density at radius 2 is 1.96 bits per heavy atom. The number of rotatable bonds is 3. The van der Waals surface area contributed by atoms with Crippen molar-refractivity contribution in [1.82, 2.24) is 19.9 Å². The number of nitrogens with zero attached hydrogens (tertiary/aromatic N) is 5. The molecule has 0 spiro atoms. The zero-order valence-electron chi connectivity index (χ0n) is 14.9. The number of hydrogen-bond acceptors (Lipinski definition) is 6. The molecule has 0 saturated carbocycles. The largest absolute Gasteiger partial charge is 0.495 e. The Morgan fingerprint density at radius 1 is 1.19 bits per heavy atom. The van der Waals surface area contributed by atoms with Crippen LogP contribution in [0.5, 0.6) is 5.75 Å². The van der Waals surface area contributed by atoms with Gasteiger partial charge in [0.1, 0.15) is 16.6 Å².